The zero-order valence-corrected chi connectivity index (χ0v) is 20.5. The molecule has 2 saturated carbocycles. The lowest BCUT2D eigenvalue weighted by molar-refractivity contribution is -0.139. The number of fused-ring (bicyclic) bond motifs is 2. The van der Waals surface area contributed by atoms with Gasteiger partial charge in [-0.3, -0.25) is 0 Å². The monoisotopic (exact) mass is 454 g/mol. The zero-order valence-electron chi connectivity index (χ0n) is 20.5. The Morgan fingerprint density at radius 1 is 1.00 bits per heavy atom. The summed E-state index contributed by atoms with van der Waals surface area (Å²) in [5.74, 6) is 3.09. The Balaban J connectivity index is 1.28. The van der Waals surface area contributed by atoms with Gasteiger partial charge in [0.05, 0.1) is 6.61 Å². The van der Waals surface area contributed by atoms with Crippen LogP contribution in [-0.2, 0) is 9.53 Å². The molecular formula is C32H38O2. The third kappa shape index (κ3) is 5.37. The highest BCUT2D eigenvalue weighted by molar-refractivity contribution is 5.87. The Morgan fingerprint density at radius 2 is 1.82 bits per heavy atom. The van der Waals surface area contributed by atoms with E-state index < -0.39 is 0 Å². The molecule has 178 valence electrons. The molecular weight excluding hydrogens is 416 g/mol. The molecule has 3 atom stereocenters. The minimum absolute atomic E-state index is 0.222. The molecule has 0 radical (unpaired) electrons. The van der Waals surface area contributed by atoms with Gasteiger partial charge in [-0.1, -0.05) is 80.4 Å². The maximum absolute atomic E-state index is 12.4. The number of esters is 1. The van der Waals surface area contributed by atoms with E-state index in [1.54, 1.807) is 6.08 Å². The van der Waals surface area contributed by atoms with E-state index in [0.717, 1.165) is 11.5 Å². The molecule has 0 aromatic heterocycles. The molecule has 3 aliphatic rings. The number of hydrogen-bond acceptors (Lipinski definition) is 2. The lowest BCUT2D eigenvalue weighted by Gasteiger charge is -2.30. The summed E-state index contributed by atoms with van der Waals surface area (Å²) >= 11 is 0. The fraction of sp³-hybridized carbons (Fsp3) is 0.469. The van der Waals surface area contributed by atoms with Crippen LogP contribution in [0.1, 0.15) is 75.3 Å². The first-order valence-electron chi connectivity index (χ1n) is 13.4. The summed E-state index contributed by atoms with van der Waals surface area (Å²) < 4.78 is 5.62. The zero-order chi connectivity index (χ0) is 23.3. The highest BCUT2D eigenvalue weighted by Crippen LogP contribution is 2.44. The minimum atomic E-state index is -0.222. The standard InChI is InChI=1S/C32H38O2/c1-2-6-23-9-14-27(15-10-23)31-21-24(12-17-30(31)26-7-4-3-5-8-26)13-18-32(33)34-22-29-20-25-11-16-28(29)19-25/h3-5,7-8,11-13,16-18,21,23,25,27-29H,2,6,9-10,14-15,19-20,22H2,1H3/b18-13+. The molecule has 0 saturated heterocycles. The van der Waals surface area contributed by atoms with Gasteiger partial charge in [-0.05, 0) is 96.4 Å². The van der Waals surface area contributed by atoms with Gasteiger partial charge in [0.1, 0.15) is 0 Å². The summed E-state index contributed by atoms with van der Waals surface area (Å²) in [7, 11) is 0. The molecule has 0 aliphatic heterocycles. The Hall–Kier alpha value is -2.61. The first-order chi connectivity index (χ1) is 16.7. The smallest absolute Gasteiger partial charge is 0.330 e. The fourth-order valence-corrected chi connectivity index (χ4v) is 6.56. The number of allylic oxidation sites excluding steroid dienone is 2. The molecule has 2 aromatic rings. The maximum Gasteiger partial charge on any atom is 0.330 e. The molecule has 0 heterocycles. The summed E-state index contributed by atoms with van der Waals surface area (Å²) in [6, 6.07) is 17.4. The van der Waals surface area contributed by atoms with Gasteiger partial charge in [-0.15, -0.1) is 0 Å². The van der Waals surface area contributed by atoms with Gasteiger partial charge in [0.15, 0.2) is 0 Å². The third-order valence-corrected chi connectivity index (χ3v) is 8.41. The van der Waals surface area contributed by atoms with Crippen molar-refractivity contribution >= 4 is 12.0 Å². The number of rotatable bonds is 8. The second kappa shape index (κ2) is 10.8. The van der Waals surface area contributed by atoms with Gasteiger partial charge >= 0.3 is 5.97 Å². The molecule has 2 nitrogen and oxygen atoms in total. The third-order valence-electron chi connectivity index (χ3n) is 8.41. The van der Waals surface area contributed by atoms with E-state index in [4.69, 9.17) is 4.74 Å². The van der Waals surface area contributed by atoms with Crippen molar-refractivity contribution in [3.63, 3.8) is 0 Å². The first kappa shape index (κ1) is 23.1. The number of ether oxygens (including phenoxy) is 1. The molecule has 0 spiro atoms. The van der Waals surface area contributed by atoms with E-state index in [1.165, 1.54) is 68.1 Å². The van der Waals surface area contributed by atoms with Gasteiger partial charge in [0.2, 0.25) is 0 Å². The minimum Gasteiger partial charge on any atom is -0.462 e. The SMILES string of the molecule is CCCC1CCC(c2cc(/C=C/C(=O)OCC3CC4C=CC3C4)ccc2-c2ccccc2)CC1. The first-order valence-corrected chi connectivity index (χ1v) is 13.4. The molecule has 3 aliphatic carbocycles. The van der Waals surface area contributed by atoms with E-state index in [9.17, 15) is 4.79 Å². The van der Waals surface area contributed by atoms with E-state index in [-0.39, 0.29) is 5.97 Å². The van der Waals surface area contributed by atoms with Crippen LogP contribution in [0.15, 0.2) is 66.8 Å². The van der Waals surface area contributed by atoms with Crippen molar-refractivity contribution in [2.75, 3.05) is 6.61 Å². The van der Waals surface area contributed by atoms with Crippen LogP contribution in [0, 0.1) is 23.7 Å². The Labute approximate surface area is 205 Å². The Morgan fingerprint density at radius 3 is 2.53 bits per heavy atom. The van der Waals surface area contributed by atoms with Crippen molar-refractivity contribution < 1.29 is 9.53 Å². The van der Waals surface area contributed by atoms with Crippen LogP contribution in [0.5, 0.6) is 0 Å². The lowest BCUT2D eigenvalue weighted by Crippen LogP contribution is -2.16. The highest BCUT2D eigenvalue weighted by atomic mass is 16.5. The lowest BCUT2D eigenvalue weighted by atomic mass is 9.75. The molecule has 0 amide bonds. The van der Waals surface area contributed by atoms with Crippen molar-refractivity contribution in [1.82, 2.24) is 0 Å². The second-order valence-corrected chi connectivity index (χ2v) is 10.7. The summed E-state index contributed by atoms with van der Waals surface area (Å²) in [6.07, 6.45) is 18.4. The molecule has 2 aromatic carbocycles. The van der Waals surface area contributed by atoms with Gasteiger partial charge in [-0.25, -0.2) is 4.79 Å². The average molecular weight is 455 g/mol. The normalized spacial score (nSPS) is 28.0. The summed E-state index contributed by atoms with van der Waals surface area (Å²) in [5.41, 5.74) is 5.14. The van der Waals surface area contributed by atoms with Crippen LogP contribution >= 0.6 is 0 Å². The van der Waals surface area contributed by atoms with E-state index in [2.05, 4.69) is 67.6 Å². The largest absolute Gasteiger partial charge is 0.462 e. The topological polar surface area (TPSA) is 26.3 Å². The van der Waals surface area contributed by atoms with Crippen molar-refractivity contribution in [2.24, 2.45) is 23.7 Å². The molecule has 2 heteroatoms. The van der Waals surface area contributed by atoms with Gasteiger partial charge in [-0.2, -0.15) is 0 Å². The number of benzene rings is 2. The average Bonchev–Trinajstić information content (AvgIpc) is 3.51. The van der Waals surface area contributed by atoms with Crippen molar-refractivity contribution in [3.8, 4) is 11.1 Å². The van der Waals surface area contributed by atoms with Crippen LogP contribution in [0.3, 0.4) is 0 Å². The van der Waals surface area contributed by atoms with Crippen LogP contribution < -0.4 is 0 Å². The van der Waals surface area contributed by atoms with Crippen LogP contribution in [0.2, 0.25) is 0 Å². The van der Waals surface area contributed by atoms with Gasteiger partial charge in [0, 0.05) is 6.08 Å². The molecule has 2 fully saturated rings. The van der Waals surface area contributed by atoms with Crippen LogP contribution in [0.25, 0.3) is 17.2 Å². The number of carbonyl (C=O) groups excluding carboxylic acids is 1. The van der Waals surface area contributed by atoms with Crippen LogP contribution in [0.4, 0.5) is 0 Å². The quantitative estimate of drug-likeness (QED) is 0.228. The van der Waals surface area contributed by atoms with E-state index in [0.29, 0.717) is 30.3 Å². The molecule has 5 rings (SSSR count). The summed E-state index contributed by atoms with van der Waals surface area (Å²) in [4.78, 5) is 12.4. The van der Waals surface area contributed by atoms with E-state index >= 15 is 0 Å². The predicted molar refractivity (Wildman–Crippen MR) is 140 cm³/mol. The van der Waals surface area contributed by atoms with Crippen LogP contribution in [-0.4, -0.2) is 12.6 Å². The number of carbonyl (C=O) groups is 1. The highest BCUT2D eigenvalue weighted by Gasteiger charge is 2.36. The van der Waals surface area contributed by atoms with Gasteiger partial charge in [0.25, 0.3) is 0 Å². The maximum atomic E-state index is 12.4. The molecule has 3 unspecified atom stereocenters. The molecule has 2 bridgehead atoms. The van der Waals surface area contributed by atoms with Gasteiger partial charge < -0.3 is 4.74 Å². The Bertz CT molecular complexity index is 1030. The van der Waals surface area contributed by atoms with E-state index in [1.807, 2.05) is 6.08 Å². The summed E-state index contributed by atoms with van der Waals surface area (Å²) in [5, 5.41) is 0. The number of hydrogen-bond donors (Lipinski definition) is 0. The predicted octanol–water partition coefficient (Wildman–Crippen LogP) is 8.20. The van der Waals surface area contributed by atoms with Crippen molar-refractivity contribution in [3.05, 3.63) is 77.9 Å². The molecule has 34 heavy (non-hydrogen) atoms. The second-order valence-electron chi connectivity index (χ2n) is 10.7. The fourth-order valence-electron chi connectivity index (χ4n) is 6.56. The molecule has 0 N–H and O–H groups in total. The van der Waals surface area contributed by atoms with Crippen molar-refractivity contribution in [1.29, 1.82) is 0 Å². The Kier molecular flexibility index (Phi) is 7.33. The van der Waals surface area contributed by atoms with Crippen molar-refractivity contribution in [2.45, 2.75) is 64.2 Å². The summed E-state index contributed by atoms with van der Waals surface area (Å²) in [6.45, 7) is 2.85.